The van der Waals surface area contributed by atoms with Crippen LogP contribution in [0.5, 0.6) is 5.75 Å². The number of amides is 2. The summed E-state index contributed by atoms with van der Waals surface area (Å²) in [5, 5.41) is 2.94. The largest absolute Gasteiger partial charge is 0.496 e. The maximum atomic E-state index is 12.6. The van der Waals surface area contributed by atoms with Crippen LogP contribution in [-0.2, 0) is 4.79 Å². The predicted molar refractivity (Wildman–Crippen MR) is 89.7 cm³/mol. The lowest BCUT2D eigenvalue weighted by atomic mass is 9.95. The van der Waals surface area contributed by atoms with Crippen LogP contribution in [0.4, 0.5) is 0 Å². The highest BCUT2D eigenvalue weighted by molar-refractivity contribution is 5.95. The van der Waals surface area contributed by atoms with E-state index in [9.17, 15) is 9.59 Å². The molecule has 0 bridgehead atoms. The third-order valence-electron chi connectivity index (χ3n) is 4.36. The van der Waals surface area contributed by atoms with Crippen LogP contribution in [0, 0.1) is 12.8 Å². The number of carbonyl (C=O) groups is 2. The fourth-order valence-electron chi connectivity index (χ4n) is 2.87. The molecule has 0 aliphatic carbocycles. The van der Waals surface area contributed by atoms with Crippen LogP contribution >= 0.6 is 0 Å². The Morgan fingerprint density at radius 3 is 2.61 bits per heavy atom. The average molecular weight is 318 g/mol. The average Bonchev–Trinajstić information content (AvgIpc) is 2.59. The van der Waals surface area contributed by atoms with Crippen LogP contribution in [0.15, 0.2) is 18.2 Å². The number of aryl methyl sites for hydroxylation is 1. The molecule has 0 radical (unpaired) electrons. The second-order valence-corrected chi connectivity index (χ2v) is 6.04. The summed E-state index contributed by atoms with van der Waals surface area (Å²) in [4.78, 5) is 26.4. The van der Waals surface area contributed by atoms with Crippen molar-refractivity contribution >= 4 is 11.8 Å². The highest BCUT2D eigenvalue weighted by atomic mass is 16.5. The molecular formula is C18H26N2O3. The summed E-state index contributed by atoms with van der Waals surface area (Å²) in [6.07, 6.45) is 2.40. The van der Waals surface area contributed by atoms with Crippen LogP contribution in [0.25, 0.3) is 0 Å². The first-order chi connectivity index (χ1) is 11.1. The monoisotopic (exact) mass is 318 g/mol. The quantitative estimate of drug-likeness (QED) is 0.907. The standard InChI is InChI=1S/C18H26N2O3/c1-4-9-19-17(21)14-7-10-20(11-8-14)18(22)15-6-5-13(2)16(12-15)23-3/h5-6,12,14H,4,7-11H2,1-3H3,(H,19,21). The number of piperidine rings is 1. The van der Waals surface area contributed by atoms with E-state index in [1.54, 1.807) is 13.2 Å². The molecule has 1 aliphatic heterocycles. The first-order valence-electron chi connectivity index (χ1n) is 8.28. The van der Waals surface area contributed by atoms with Gasteiger partial charge in [0.15, 0.2) is 0 Å². The Labute approximate surface area is 138 Å². The highest BCUT2D eigenvalue weighted by Gasteiger charge is 2.27. The molecule has 0 spiro atoms. The van der Waals surface area contributed by atoms with E-state index in [1.807, 2.05) is 30.9 Å². The molecule has 1 N–H and O–H groups in total. The number of nitrogens with one attached hydrogen (secondary N) is 1. The van der Waals surface area contributed by atoms with Crippen molar-refractivity contribution in [2.45, 2.75) is 33.1 Å². The minimum atomic E-state index is 0.00992. The van der Waals surface area contributed by atoms with Gasteiger partial charge in [0, 0.05) is 31.1 Å². The molecule has 1 aromatic carbocycles. The number of rotatable bonds is 5. The zero-order valence-electron chi connectivity index (χ0n) is 14.2. The lowest BCUT2D eigenvalue weighted by molar-refractivity contribution is -0.126. The second-order valence-electron chi connectivity index (χ2n) is 6.04. The van der Waals surface area contributed by atoms with Crippen molar-refractivity contribution in [3.05, 3.63) is 29.3 Å². The Morgan fingerprint density at radius 2 is 2.00 bits per heavy atom. The Kier molecular flexibility index (Phi) is 6.02. The van der Waals surface area contributed by atoms with Gasteiger partial charge in [-0.2, -0.15) is 0 Å². The molecule has 1 heterocycles. The molecule has 0 aromatic heterocycles. The van der Waals surface area contributed by atoms with Gasteiger partial charge < -0.3 is 15.0 Å². The Bertz CT molecular complexity index is 563. The molecule has 0 unspecified atom stereocenters. The van der Waals surface area contributed by atoms with Gasteiger partial charge in [-0.15, -0.1) is 0 Å². The topological polar surface area (TPSA) is 58.6 Å². The Morgan fingerprint density at radius 1 is 1.30 bits per heavy atom. The minimum Gasteiger partial charge on any atom is -0.496 e. The number of benzene rings is 1. The van der Waals surface area contributed by atoms with Gasteiger partial charge >= 0.3 is 0 Å². The fraction of sp³-hybridized carbons (Fsp3) is 0.556. The van der Waals surface area contributed by atoms with Crippen LogP contribution in [0.1, 0.15) is 42.1 Å². The first-order valence-corrected chi connectivity index (χ1v) is 8.28. The SMILES string of the molecule is CCCNC(=O)C1CCN(C(=O)c2ccc(C)c(OC)c2)CC1. The van der Waals surface area contributed by atoms with Crippen molar-refractivity contribution < 1.29 is 14.3 Å². The molecule has 2 amide bonds. The van der Waals surface area contributed by atoms with Gasteiger partial charge in [0.2, 0.25) is 5.91 Å². The number of nitrogens with zero attached hydrogens (tertiary/aromatic N) is 1. The smallest absolute Gasteiger partial charge is 0.253 e. The summed E-state index contributed by atoms with van der Waals surface area (Å²) >= 11 is 0. The molecule has 1 saturated heterocycles. The zero-order valence-corrected chi connectivity index (χ0v) is 14.2. The molecule has 1 aromatic rings. The van der Waals surface area contributed by atoms with Gasteiger partial charge in [-0.3, -0.25) is 9.59 Å². The van der Waals surface area contributed by atoms with E-state index < -0.39 is 0 Å². The molecule has 1 aliphatic rings. The molecular weight excluding hydrogens is 292 g/mol. The van der Waals surface area contributed by atoms with Crippen molar-refractivity contribution in [1.82, 2.24) is 10.2 Å². The molecule has 23 heavy (non-hydrogen) atoms. The highest BCUT2D eigenvalue weighted by Crippen LogP contribution is 2.23. The third kappa shape index (κ3) is 4.24. The van der Waals surface area contributed by atoms with Crippen molar-refractivity contribution in [2.75, 3.05) is 26.7 Å². The predicted octanol–water partition coefficient (Wildman–Crippen LogP) is 2.38. The number of hydrogen-bond acceptors (Lipinski definition) is 3. The maximum Gasteiger partial charge on any atom is 0.253 e. The minimum absolute atomic E-state index is 0.00992. The van der Waals surface area contributed by atoms with Crippen LogP contribution in [0.2, 0.25) is 0 Å². The summed E-state index contributed by atoms with van der Waals surface area (Å²) in [6, 6.07) is 5.52. The first kappa shape index (κ1) is 17.3. The number of hydrogen-bond donors (Lipinski definition) is 1. The van der Waals surface area contributed by atoms with E-state index in [0.717, 1.165) is 37.1 Å². The van der Waals surface area contributed by atoms with Gasteiger partial charge in [0.1, 0.15) is 5.75 Å². The van der Waals surface area contributed by atoms with Crippen molar-refractivity contribution in [3.8, 4) is 5.75 Å². The summed E-state index contributed by atoms with van der Waals surface area (Å²) in [5.41, 5.74) is 1.65. The van der Waals surface area contributed by atoms with Crippen molar-refractivity contribution in [1.29, 1.82) is 0 Å². The maximum absolute atomic E-state index is 12.6. The normalized spacial score (nSPS) is 15.3. The van der Waals surface area contributed by atoms with E-state index in [4.69, 9.17) is 4.74 Å². The lowest BCUT2D eigenvalue weighted by Gasteiger charge is -2.31. The van der Waals surface area contributed by atoms with Crippen LogP contribution in [0.3, 0.4) is 0 Å². The number of ether oxygens (including phenoxy) is 1. The Balaban J connectivity index is 1.94. The number of carbonyl (C=O) groups excluding carboxylic acids is 2. The van der Waals surface area contributed by atoms with Crippen LogP contribution < -0.4 is 10.1 Å². The Hall–Kier alpha value is -2.04. The van der Waals surface area contributed by atoms with Gasteiger partial charge in [0.25, 0.3) is 5.91 Å². The summed E-state index contributed by atoms with van der Waals surface area (Å²) in [6.45, 7) is 5.96. The van der Waals surface area contributed by atoms with E-state index in [1.165, 1.54) is 0 Å². The molecule has 1 fully saturated rings. The lowest BCUT2D eigenvalue weighted by Crippen LogP contribution is -2.43. The molecule has 2 rings (SSSR count). The van der Waals surface area contributed by atoms with Gasteiger partial charge in [-0.25, -0.2) is 0 Å². The fourth-order valence-corrected chi connectivity index (χ4v) is 2.87. The van der Waals surface area contributed by atoms with Crippen molar-refractivity contribution in [3.63, 3.8) is 0 Å². The summed E-state index contributed by atoms with van der Waals surface area (Å²) in [7, 11) is 1.61. The number of methoxy groups -OCH3 is 1. The second kappa shape index (κ2) is 7.99. The third-order valence-corrected chi connectivity index (χ3v) is 4.36. The van der Waals surface area contributed by atoms with Crippen molar-refractivity contribution in [2.24, 2.45) is 5.92 Å². The number of likely N-dealkylation sites (tertiary alicyclic amines) is 1. The van der Waals surface area contributed by atoms with Crippen LogP contribution in [-0.4, -0.2) is 43.5 Å². The zero-order chi connectivity index (χ0) is 16.8. The summed E-state index contributed by atoms with van der Waals surface area (Å²) < 4.78 is 5.29. The molecule has 126 valence electrons. The van der Waals surface area contributed by atoms with E-state index in [-0.39, 0.29) is 17.7 Å². The molecule has 0 atom stereocenters. The summed E-state index contributed by atoms with van der Waals surface area (Å²) in [5.74, 6) is 0.884. The van der Waals surface area contributed by atoms with Gasteiger partial charge in [0.05, 0.1) is 7.11 Å². The van der Waals surface area contributed by atoms with E-state index >= 15 is 0 Å². The van der Waals surface area contributed by atoms with Gasteiger partial charge in [-0.1, -0.05) is 13.0 Å². The van der Waals surface area contributed by atoms with E-state index in [2.05, 4.69) is 5.32 Å². The molecule has 5 heteroatoms. The van der Waals surface area contributed by atoms with E-state index in [0.29, 0.717) is 18.7 Å². The van der Waals surface area contributed by atoms with Gasteiger partial charge in [-0.05, 0) is 43.9 Å². The molecule has 0 saturated carbocycles. The molecule has 5 nitrogen and oxygen atoms in total.